The lowest BCUT2D eigenvalue weighted by Gasteiger charge is -2.18. The van der Waals surface area contributed by atoms with E-state index in [1.54, 1.807) is 0 Å². The Bertz CT molecular complexity index is 159. The molecule has 2 N–H and O–H groups in total. The van der Waals surface area contributed by atoms with Gasteiger partial charge in [-0.15, -0.1) is 0 Å². The lowest BCUT2D eigenvalue weighted by molar-refractivity contribution is -0.120. The monoisotopic (exact) mass is 201 g/mol. The molecule has 0 aliphatic heterocycles. The third-order valence-electron chi connectivity index (χ3n) is 1.76. The Labute approximate surface area is 87.0 Å². The van der Waals surface area contributed by atoms with Gasteiger partial charge in [0, 0.05) is 12.6 Å². The number of likely N-dealkylation sites (N-methyl/N-ethyl adjacent to an activating group) is 1. The van der Waals surface area contributed by atoms with Crippen LogP contribution in [0.25, 0.3) is 0 Å². The van der Waals surface area contributed by atoms with Crippen LogP contribution in [0.2, 0.25) is 0 Å². The van der Waals surface area contributed by atoms with Gasteiger partial charge in [0.05, 0.1) is 6.54 Å². The predicted octanol–water partition coefficient (Wildman–Crippen LogP) is 0.0523. The molecule has 0 heterocycles. The molecule has 0 aliphatic rings. The van der Waals surface area contributed by atoms with Gasteiger partial charge < -0.3 is 15.5 Å². The highest BCUT2D eigenvalue weighted by molar-refractivity contribution is 5.78. The van der Waals surface area contributed by atoms with Crippen LogP contribution >= 0.6 is 0 Å². The molecule has 4 nitrogen and oxygen atoms in total. The molecule has 1 unspecified atom stereocenters. The van der Waals surface area contributed by atoms with Crippen LogP contribution in [0.1, 0.15) is 20.3 Å². The highest BCUT2D eigenvalue weighted by Crippen LogP contribution is 1.84. The van der Waals surface area contributed by atoms with Crippen molar-refractivity contribution in [1.29, 1.82) is 0 Å². The van der Waals surface area contributed by atoms with Crippen LogP contribution in [0, 0.1) is 0 Å². The first-order chi connectivity index (χ1) is 6.56. The molecule has 1 atom stereocenters. The van der Waals surface area contributed by atoms with E-state index < -0.39 is 0 Å². The van der Waals surface area contributed by atoms with E-state index in [-0.39, 0.29) is 11.9 Å². The van der Waals surface area contributed by atoms with Gasteiger partial charge in [0.2, 0.25) is 5.91 Å². The van der Waals surface area contributed by atoms with Gasteiger partial charge in [-0.3, -0.25) is 4.79 Å². The molecule has 0 aromatic rings. The number of hydrogen-bond donors (Lipinski definition) is 2. The first-order valence-electron chi connectivity index (χ1n) is 5.21. The van der Waals surface area contributed by atoms with Gasteiger partial charge in [-0.2, -0.15) is 0 Å². The summed E-state index contributed by atoms with van der Waals surface area (Å²) >= 11 is 0. The maximum atomic E-state index is 11.3. The molecule has 0 fully saturated rings. The standard InChI is InChI=1S/C10H23N3O/c1-5-6-11-7-10(14)12-9(2)8-13(3)4/h9,11H,5-8H2,1-4H3,(H,12,14). The summed E-state index contributed by atoms with van der Waals surface area (Å²) in [4.78, 5) is 13.4. The number of amides is 1. The zero-order valence-electron chi connectivity index (χ0n) is 9.76. The lowest BCUT2D eigenvalue weighted by atomic mass is 10.3. The second-order valence-corrected chi connectivity index (χ2v) is 3.91. The van der Waals surface area contributed by atoms with Gasteiger partial charge in [0.25, 0.3) is 0 Å². The summed E-state index contributed by atoms with van der Waals surface area (Å²) in [5.41, 5.74) is 0. The van der Waals surface area contributed by atoms with Crippen molar-refractivity contribution in [2.75, 3.05) is 33.7 Å². The second-order valence-electron chi connectivity index (χ2n) is 3.91. The van der Waals surface area contributed by atoms with E-state index >= 15 is 0 Å². The number of carbonyl (C=O) groups is 1. The average Bonchev–Trinajstić information content (AvgIpc) is 2.02. The molecule has 0 rings (SSSR count). The molecule has 4 heteroatoms. The third kappa shape index (κ3) is 8.01. The molecule has 0 saturated carbocycles. The van der Waals surface area contributed by atoms with Gasteiger partial charge in [-0.1, -0.05) is 6.92 Å². The normalized spacial score (nSPS) is 12.9. The first-order valence-corrected chi connectivity index (χ1v) is 5.21. The SMILES string of the molecule is CCCNCC(=O)NC(C)CN(C)C. The summed E-state index contributed by atoms with van der Waals surface area (Å²) in [7, 11) is 4.00. The van der Waals surface area contributed by atoms with E-state index in [0.29, 0.717) is 6.54 Å². The molecule has 0 bridgehead atoms. The minimum Gasteiger partial charge on any atom is -0.351 e. The van der Waals surface area contributed by atoms with Gasteiger partial charge in [-0.05, 0) is 34.0 Å². The summed E-state index contributed by atoms with van der Waals surface area (Å²) in [6.45, 7) is 6.29. The van der Waals surface area contributed by atoms with Crippen LogP contribution in [0.5, 0.6) is 0 Å². The van der Waals surface area contributed by atoms with E-state index in [9.17, 15) is 4.79 Å². The van der Waals surface area contributed by atoms with Gasteiger partial charge in [0.1, 0.15) is 0 Å². The highest BCUT2D eigenvalue weighted by Gasteiger charge is 2.06. The maximum absolute atomic E-state index is 11.3. The molecule has 0 aromatic carbocycles. The number of hydrogen-bond acceptors (Lipinski definition) is 3. The summed E-state index contributed by atoms with van der Waals surface area (Å²) in [6.07, 6.45) is 1.06. The number of nitrogens with zero attached hydrogens (tertiary/aromatic N) is 1. The van der Waals surface area contributed by atoms with Crippen molar-refractivity contribution in [3.05, 3.63) is 0 Å². The highest BCUT2D eigenvalue weighted by atomic mass is 16.1. The van der Waals surface area contributed by atoms with Crippen LogP contribution in [0.4, 0.5) is 0 Å². The maximum Gasteiger partial charge on any atom is 0.234 e. The first kappa shape index (κ1) is 13.4. The Balaban J connectivity index is 3.50. The number of rotatable bonds is 7. The van der Waals surface area contributed by atoms with Crippen LogP contribution < -0.4 is 10.6 Å². The fourth-order valence-electron chi connectivity index (χ4n) is 1.30. The van der Waals surface area contributed by atoms with Crippen LogP contribution in [-0.4, -0.2) is 50.6 Å². The Morgan fingerprint density at radius 1 is 1.43 bits per heavy atom. The van der Waals surface area contributed by atoms with Crippen LogP contribution in [0.15, 0.2) is 0 Å². The van der Waals surface area contributed by atoms with Crippen molar-refractivity contribution in [3.63, 3.8) is 0 Å². The Hall–Kier alpha value is -0.610. The predicted molar refractivity (Wildman–Crippen MR) is 59.3 cm³/mol. The largest absolute Gasteiger partial charge is 0.351 e. The van der Waals surface area contributed by atoms with E-state index in [1.165, 1.54) is 0 Å². The Kier molecular flexibility index (Phi) is 7.42. The van der Waals surface area contributed by atoms with Crippen molar-refractivity contribution < 1.29 is 4.79 Å². The minimum atomic E-state index is 0.0767. The van der Waals surface area contributed by atoms with Crippen molar-refractivity contribution >= 4 is 5.91 Å². The smallest absolute Gasteiger partial charge is 0.234 e. The summed E-state index contributed by atoms with van der Waals surface area (Å²) in [6, 6.07) is 0.209. The zero-order chi connectivity index (χ0) is 11.0. The van der Waals surface area contributed by atoms with Gasteiger partial charge in [-0.25, -0.2) is 0 Å². The molecule has 0 aromatic heterocycles. The molecule has 0 saturated heterocycles. The van der Waals surface area contributed by atoms with Gasteiger partial charge in [0.15, 0.2) is 0 Å². The molecule has 0 spiro atoms. The van der Waals surface area contributed by atoms with Crippen molar-refractivity contribution in [2.24, 2.45) is 0 Å². The third-order valence-corrected chi connectivity index (χ3v) is 1.76. The van der Waals surface area contributed by atoms with Crippen LogP contribution in [0.3, 0.4) is 0 Å². The number of nitrogens with one attached hydrogen (secondary N) is 2. The summed E-state index contributed by atoms with van der Waals surface area (Å²) in [5, 5.41) is 5.99. The minimum absolute atomic E-state index is 0.0767. The lowest BCUT2D eigenvalue weighted by Crippen LogP contribution is -2.43. The van der Waals surface area contributed by atoms with Crippen molar-refractivity contribution in [2.45, 2.75) is 26.3 Å². The molecule has 1 amide bonds. The van der Waals surface area contributed by atoms with Crippen molar-refractivity contribution in [3.8, 4) is 0 Å². The molecule has 14 heavy (non-hydrogen) atoms. The summed E-state index contributed by atoms with van der Waals surface area (Å²) < 4.78 is 0. The van der Waals surface area contributed by atoms with Gasteiger partial charge >= 0.3 is 0 Å². The molecule has 0 radical (unpaired) electrons. The van der Waals surface area contributed by atoms with E-state index in [2.05, 4.69) is 22.5 Å². The van der Waals surface area contributed by atoms with E-state index in [4.69, 9.17) is 0 Å². The Morgan fingerprint density at radius 3 is 2.57 bits per heavy atom. The molecule has 0 aliphatic carbocycles. The van der Waals surface area contributed by atoms with Crippen molar-refractivity contribution in [1.82, 2.24) is 15.5 Å². The fraction of sp³-hybridized carbons (Fsp3) is 0.900. The molecule has 84 valence electrons. The van der Waals surface area contributed by atoms with Crippen LogP contribution in [-0.2, 0) is 4.79 Å². The zero-order valence-corrected chi connectivity index (χ0v) is 9.76. The molecular formula is C10H23N3O. The number of carbonyl (C=O) groups excluding carboxylic acids is 1. The topological polar surface area (TPSA) is 44.4 Å². The second kappa shape index (κ2) is 7.76. The van der Waals surface area contributed by atoms with E-state index in [1.807, 2.05) is 21.0 Å². The van der Waals surface area contributed by atoms with E-state index in [0.717, 1.165) is 19.5 Å². The summed E-state index contributed by atoms with van der Waals surface area (Å²) in [5.74, 6) is 0.0767. The Morgan fingerprint density at radius 2 is 2.07 bits per heavy atom. The molecular weight excluding hydrogens is 178 g/mol. The average molecular weight is 201 g/mol. The fourth-order valence-corrected chi connectivity index (χ4v) is 1.30. The quantitative estimate of drug-likeness (QED) is 0.572.